The molecule has 1 aliphatic heterocycles. The SMILES string of the molecule is COC1=NC(/C=C/c2ccccc2[N+](=O)[O-])CCCC1. The van der Waals surface area contributed by atoms with Crippen LogP contribution in [0.2, 0.25) is 0 Å². The number of nitrogens with zero attached hydrogens (tertiary/aromatic N) is 2. The van der Waals surface area contributed by atoms with Crippen LogP contribution in [0.4, 0.5) is 5.69 Å². The van der Waals surface area contributed by atoms with Crippen LogP contribution in [0, 0.1) is 10.1 Å². The maximum Gasteiger partial charge on any atom is 0.276 e. The first-order chi connectivity index (χ1) is 9.70. The summed E-state index contributed by atoms with van der Waals surface area (Å²) >= 11 is 0. The molecule has 1 heterocycles. The third kappa shape index (κ3) is 3.66. The van der Waals surface area contributed by atoms with Crippen LogP contribution in [0.25, 0.3) is 6.08 Å². The van der Waals surface area contributed by atoms with Gasteiger partial charge in [-0.15, -0.1) is 0 Å². The predicted molar refractivity (Wildman–Crippen MR) is 78.8 cm³/mol. The second-order valence-corrected chi connectivity index (χ2v) is 4.72. The number of methoxy groups -OCH3 is 1. The fourth-order valence-corrected chi connectivity index (χ4v) is 2.25. The van der Waals surface area contributed by atoms with Gasteiger partial charge in [0.25, 0.3) is 5.69 Å². The molecule has 0 bridgehead atoms. The fourth-order valence-electron chi connectivity index (χ4n) is 2.25. The van der Waals surface area contributed by atoms with Crippen LogP contribution < -0.4 is 0 Å². The average Bonchev–Trinajstić information content (AvgIpc) is 2.70. The van der Waals surface area contributed by atoms with E-state index in [-0.39, 0.29) is 16.7 Å². The van der Waals surface area contributed by atoms with Gasteiger partial charge < -0.3 is 4.74 Å². The Bertz CT molecular complexity index is 538. The zero-order chi connectivity index (χ0) is 14.4. The summed E-state index contributed by atoms with van der Waals surface area (Å²) in [5, 5.41) is 11.0. The van der Waals surface area contributed by atoms with Crippen LogP contribution in [0.5, 0.6) is 0 Å². The standard InChI is InChI=1S/C15H18N2O3/c1-20-15-9-5-3-7-13(16-15)11-10-12-6-2-4-8-14(12)17(18)19/h2,4,6,8,10-11,13H,3,5,7,9H2,1H3/b11-10+. The zero-order valence-corrected chi connectivity index (χ0v) is 11.5. The van der Waals surface area contributed by atoms with Crippen LogP contribution in [0.3, 0.4) is 0 Å². The highest BCUT2D eigenvalue weighted by molar-refractivity contribution is 5.76. The first-order valence-electron chi connectivity index (χ1n) is 6.73. The van der Waals surface area contributed by atoms with E-state index in [4.69, 9.17) is 4.74 Å². The number of nitro groups is 1. The molecule has 0 N–H and O–H groups in total. The molecule has 0 amide bonds. The molecule has 5 nitrogen and oxygen atoms in total. The molecule has 1 aromatic rings. The van der Waals surface area contributed by atoms with Crippen molar-refractivity contribution >= 4 is 17.7 Å². The quantitative estimate of drug-likeness (QED) is 0.625. The van der Waals surface area contributed by atoms with Crippen molar-refractivity contribution < 1.29 is 9.66 Å². The number of hydrogen-bond acceptors (Lipinski definition) is 4. The Balaban J connectivity index is 2.18. The van der Waals surface area contributed by atoms with Crippen LogP contribution in [0.15, 0.2) is 35.3 Å². The molecule has 0 fully saturated rings. The molecule has 5 heteroatoms. The molecule has 0 aromatic heterocycles. The minimum Gasteiger partial charge on any atom is -0.484 e. The molecule has 1 unspecified atom stereocenters. The molecule has 1 atom stereocenters. The van der Waals surface area contributed by atoms with Crippen LogP contribution in [0.1, 0.15) is 31.2 Å². The molecule has 0 saturated carbocycles. The lowest BCUT2D eigenvalue weighted by atomic mass is 10.1. The smallest absolute Gasteiger partial charge is 0.276 e. The fraction of sp³-hybridized carbons (Fsp3) is 0.400. The minimum atomic E-state index is -0.364. The molecule has 0 spiro atoms. The number of hydrogen-bond donors (Lipinski definition) is 0. The Morgan fingerprint density at radius 2 is 2.20 bits per heavy atom. The summed E-state index contributed by atoms with van der Waals surface area (Å²) in [5.41, 5.74) is 0.726. The van der Waals surface area contributed by atoms with E-state index in [1.807, 2.05) is 6.08 Å². The van der Waals surface area contributed by atoms with Crippen molar-refractivity contribution in [2.45, 2.75) is 31.7 Å². The van der Waals surface area contributed by atoms with E-state index in [0.717, 1.165) is 31.6 Å². The maximum absolute atomic E-state index is 11.0. The van der Waals surface area contributed by atoms with Gasteiger partial charge in [-0.05, 0) is 25.0 Å². The van der Waals surface area contributed by atoms with Crippen LogP contribution in [-0.4, -0.2) is 24.0 Å². The lowest BCUT2D eigenvalue weighted by Gasteiger charge is -2.06. The summed E-state index contributed by atoms with van der Waals surface area (Å²) in [6, 6.07) is 6.75. The van der Waals surface area contributed by atoms with Crippen molar-refractivity contribution in [1.29, 1.82) is 0 Å². The van der Waals surface area contributed by atoms with Gasteiger partial charge in [-0.25, -0.2) is 4.99 Å². The number of aliphatic imine (C=N–C) groups is 1. The number of rotatable bonds is 3. The first-order valence-corrected chi connectivity index (χ1v) is 6.73. The van der Waals surface area contributed by atoms with Gasteiger partial charge in [-0.2, -0.15) is 0 Å². The lowest BCUT2D eigenvalue weighted by Crippen LogP contribution is -2.04. The van der Waals surface area contributed by atoms with E-state index < -0.39 is 0 Å². The van der Waals surface area contributed by atoms with Gasteiger partial charge in [0, 0.05) is 12.5 Å². The Morgan fingerprint density at radius 3 is 2.95 bits per heavy atom. The van der Waals surface area contributed by atoms with E-state index in [1.165, 1.54) is 6.07 Å². The van der Waals surface area contributed by atoms with Crippen LogP contribution >= 0.6 is 0 Å². The summed E-state index contributed by atoms with van der Waals surface area (Å²) in [6.07, 6.45) is 7.68. The van der Waals surface area contributed by atoms with Gasteiger partial charge in [0.15, 0.2) is 5.90 Å². The number of ether oxygens (including phenoxy) is 1. The third-order valence-electron chi connectivity index (χ3n) is 3.32. The van der Waals surface area contributed by atoms with Gasteiger partial charge in [0.05, 0.1) is 23.6 Å². The Labute approximate surface area is 118 Å². The average molecular weight is 274 g/mol. The molecule has 2 rings (SSSR count). The van der Waals surface area contributed by atoms with Gasteiger partial charge >= 0.3 is 0 Å². The van der Waals surface area contributed by atoms with E-state index in [0.29, 0.717) is 5.56 Å². The van der Waals surface area contributed by atoms with Crippen molar-refractivity contribution in [3.05, 3.63) is 46.0 Å². The summed E-state index contributed by atoms with van der Waals surface area (Å²) < 4.78 is 5.22. The highest BCUT2D eigenvalue weighted by Crippen LogP contribution is 2.21. The Kier molecular flexibility index (Phi) is 4.87. The minimum absolute atomic E-state index is 0.0345. The molecule has 106 valence electrons. The van der Waals surface area contributed by atoms with E-state index in [2.05, 4.69) is 4.99 Å². The predicted octanol–water partition coefficient (Wildman–Crippen LogP) is 3.60. The number of benzene rings is 1. The van der Waals surface area contributed by atoms with Crippen molar-refractivity contribution in [1.82, 2.24) is 0 Å². The van der Waals surface area contributed by atoms with Crippen molar-refractivity contribution in [3.63, 3.8) is 0 Å². The largest absolute Gasteiger partial charge is 0.484 e. The van der Waals surface area contributed by atoms with E-state index in [9.17, 15) is 10.1 Å². The topological polar surface area (TPSA) is 64.7 Å². The van der Waals surface area contributed by atoms with Crippen molar-refractivity contribution in [2.24, 2.45) is 4.99 Å². The molecule has 0 aliphatic carbocycles. The van der Waals surface area contributed by atoms with Gasteiger partial charge in [0.1, 0.15) is 0 Å². The highest BCUT2D eigenvalue weighted by Gasteiger charge is 2.13. The third-order valence-corrected chi connectivity index (χ3v) is 3.32. The molecular formula is C15H18N2O3. The Hall–Kier alpha value is -2.17. The van der Waals surface area contributed by atoms with Gasteiger partial charge in [0.2, 0.25) is 0 Å². The second kappa shape index (κ2) is 6.84. The highest BCUT2D eigenvalue weighted by atomic mass is 16.6. The van der Waals surface area contributed by atoms with Gasteiger partial charge in [-0.3, -0.25) is 10.1 Å². The van der Waals surface area contributed by atoms with Crippen molar-refractivity contribution in [3.8, 4) is 0 Å². The normalized spacial score (nSPS) is 19.4. The summed E-state index contributed by atoms with van der Waals surface area (Å²) in [4.78, 5) is 15.1. The molecule has 1 aromatic carbocycles. The van der Waals surface area contributed by atoms with Crippen molar-refractivity contribution in [2.75, 3.05) is 7.11 Å². The molecule has 0 radical (unpaired) electrons. The van der Waals surface area contributed by atoms with Crippen LogP contribution in [-0.2, 0) is 4.74 Å². The lowest BCUT2D eigenvalue weighted by molar-refractivity contribution is -0.385. The molecule has 0 saturated heterocycles. The molecule has 1 aliphatic rings. The zero-order valence-electron chi connectivity index (χ0n) is 11.5. The van der Waals surface area contributed by atoms with Gasteiger partial charge in [-0.1, -0.05) is 24.6 Å². The monoisotopic (exact) mass is 274 g/mol. The second-order valence-electron chi connectivity index (χ2n) is 4.72. The number of para-hydroxylation sites is 1. The summed E-state index contributed by atoms with van der Waals surface area (Å²) in [7, 11) is 1.63. The van der Waals surface area contributed by atoms with E-state index >= 15 is 0 Å². The summed E-state index contributed by atoms with van der Waals surface area (Å²) in [5.74, 6) is 0.764. The Morgan fingerprint density at radius 1 is 1.40 bits per heavy atom. The summed E-state index contributed by atoms with van der Waals surface area (Å²) in [6.45, 7) is 0. The number of nitro benzene ring substituents is 1. The molecule has 20 heavy (non-hydrogen) atoms. The van der Waals surface area contributed by atoms with E-state index in [1.54, 1.807) is 31.4 Å². The molecular weight excluding hydrogens is 256 g/mol. The maximum atomic E-state index is 11.0. The first kappa shape index (κ1) is 14.2.